The standard InChI is InChI=1S/C16H23N/c1-13-7-6-10-16(11-13)17-12-14(2)15-8-4-3-5-9-15/h3-5,8-9,13,16-17H,2,6-7,10-12H2,1H3. The van der Waals surface area contributed by atoms with Crippen molar-refractivity contribution in [2.75, 3.05) is 6.54 Å². The zero-order chi connectivity index (χ0) is 12.1. The van der Waals surface area contributed by atoms with E-state index < -0.39 is 0 Å². The highest BCUT2D eigenvalue weighted by atomic mass is 14.9. The second-order valence-electron chi connectivity index (χ2n) is 5.32. The van der Waals surface area contributed by atoms with E-state index in [1.165, 1.54) is 36.8 Å². The molecule has 0 heterocycles. The molecule has 2 rings (SSSR count). The van der Waals surface area contributed by atoms with Gasteiger partial charge in [0.15, 0.2) is 0 Å². The molecule has 1 nitrogen and oxygen atoms in total. The Morgan fingerprint density at radius 3 is 2.76 bits per heavy atom. The maximum Gasteiger partial charge on any atom is 0.0208 e. The Kier molecular flexibility index (Phi) is 4.38. The van der Waals surface area contributed by atoms with Crippen molar-refractivity contribution in [1.82, 2.24) is 5.32 Å². The lowest BCUT2D eigenvalue weighted by atomic mass is 9.87. The highest BCUT2D eigenvalue weighted by Gasteiger charge is 2.18. The van der Waals surface area contributed by atoms with Crippen LogP contribution in [0, 0.1) is 5.92 Å². The Morgan fingerprint density at radius 1 is 1.29 bits per heavy atom. The molecule has 0 bridgehead atoms. The number of rotatable bonds is 4. The first-order valence-corrected chi connectivity index (χ1v) is 6.72. The largest absolute Gasteiger partial charge is 0.310 e. The molecule has 92 valence electrons. The van der Waals surface area contributed by atoms with Crippen LogP contribution in [0.1, 0.15) is 38.2 Å². The number of nitrogens with one attached hydrogen (secondary N) is 1. The van der Waals surface area contributed by atoms with Crippen LogP contribution in [-0.2, 0) is 0 Å². The lowest BCUT2D eigenvalue weighted by Gasteiger charge is -2.28. The summed E-state index contributed by atoms with van der Waals surface area (Å²) in [6, 6.07) is 11.2. The molecule has 1 aromatic rings. The fourth-order valence-electron chi connectivity index (χ4n) is 2.66. The molecule has 1 N–H and O–H groups in total. The Bertz CT molecular complexity index is 355. The van der Waals surface area contributed by atoms with Crippen LogP contribution in [0.15, 0.2) is 36.9 Å². The third-order valence-corrected chi connectivity index (χ3v) is 3.72. The predicted octanol–water partition coefficient (Wildman–Crippen LogP) is 3.87. The quantitative estimate of drug-likeness (QED) is 0.826. The number of hydrogen-bond donors (Lipinski definition) is 1. The molecule has 1 saturated carbocycles. The van der Waals surface area contributed by atoms with Gasteiger partial charge in [-0.3, -0.25) is 0 Å². The highest BCUT2D eigenvalue weighted by molar-refractivity contribution is 5.64. The van der Waals surface area contributed by atoms with Crippen LogP contribution in [0.4, 0.5) is 0 Å². The van der Waals surface area contributed by atoms with Gasteiger partial charge in [0, 0.05) is 12.6 Å². The van der Waals surface area contributed by atoms with Gasteiger partial charge < -0.3 is 5.32 Å². The van der Waals surface area contributed by atoms with Crippen molar-refractivity contribution in [1.29, 1.82) is 0 Å². The summed E-state index contributed by atoms with van der Waals surface area (Å²) >= 11 is 0. The molecule has 0 spiro atoms. The van der Waals surface area contributed by atoms with Crippen LogP contribution in [0.2, 0.25) is 0 Å². The van der Waals surface area contributed by atoms with E-state index >= 15 is 0 Å². The third kappa shape index (κ3) is 3.71. The fourth-order valence-corrected chi connectivity index (χ4v) is 2.66. The first kappa shape index (κ1) is 12.4. The molecule has 0 saturated heterocycles. The molecule has 17 heavy (non-hydrogen) atoms. The van der Waals surface area contributed by atoms with E-state index in [0.717, 1.165) is 12.5 Å². The van der Waals surface area contributed by atoms with Gasteiger partial charge in [-0.05, 0) is 29.9 Å². The van der Waals surface area contributed by atoms with Crippen molar-refractivity contribution >= 4 is 5.57 Å². The van der Waals surface area contributed by atoms with Crippen molar-refractivity contribution < 1.29 is 0 Å². The van der Waals surface area contributed by atoms with E-state index in [4.69, 9.17) is 0 Å². The van der Waals surface area contributed by atoms with E-state index in [9.17, 15) is 0 Å². The van der Waals surface area contributed by atoms with Gasteiger partial charge in [-0.15, -0.1) is 0 Å². The van der Waals surface area contributed by atoms with Crippen LogP contribution in [0.5, 0.6) is 0 Å². The van der Waals surface area contributed by atoms with Gasteiger partial charge in [-0.2, -0.15) is 0 Å². The predicted molar refractivity (Wildman–Crippen MR) is 74.9 cm³/mol. The molecule has 0 radical (unpaired) electrons. The zero-order valence-electron chi connectivity index (χ0n) is 10.8. The summed E-state index contributed by atoms with van der Waals surface area (Å²) in [6.07, 6.45) is 5.42. The monoisotopic (exact) mass is 229 g/mol. The van der Waals surface area contributed by atoms with E-state index in [0.29, 0.717) is 6.04 Å². The number of hydrogen-bond acceptors (Lipinski definition) is 1. The molecular formula is C16H23N. The van der Waals surface area contributed by atoms with E-state index in [2.05, 4.69) is 43.1 Å². The maximum absolute atomic E-state index is 4.17. The normalized spacial score (nSPS) is 24.5. The van der Waals surface area contributed by atoms with Crippen molar-refractivity contribution in [3.63, 3.8) is 0 Å². The lowest BCUT2D eigenvalue weighted by Crippen LogP contribution is -2.34. The van der Waals surface area contributed by atoms with Crippen molar-refractivity contribution in [3.8, 4) is 0 Å². The molecule has 1 heteroatoms. The van der Waals surface area contributed by atoms with E-state index in [-0.39, 0.29) is 0 Å². The summed E-state index contributed by atoms with van der Waals surface area (Å²) in [5, 5.41) is 3.65. The van der Waals surface area contributed by atoms with Crippen molar-refractivity contribution in [2.45, 2.75) is 38.6 Å². The number of benzene rings is 1. The topological polar surface area (TPSA) is 12.0 Å². The van der Waals surface area contributed by atoms with Gasteiger partial charge in [0.05, 0.1) is 0 Å². The molecule has 0 amide bonds. The van der Waals surface area contributed by atoms with Crippen LogP contribution < -0.4 is 5.32 Å². The lowest BCUT2D eigenvalue weighted by molar-refractivity contribution is 0.309. The Balaban J connectivity index is 1.80. The summed E-state index contributed by atoms with van der Waals surface area (Å²) < 4.78 is 0. The van der Waals surface area contributed by atoms with Crippen LogP contribution in [0.3, 0.4) is 0 Å². The zero-order valence-corrected chi connectivity index (χ0v) is 10.8. The Labute approximate surface area is 105 Å². The molecule has 1 fully saturated rings. The van der Waals surface area contributed by atoms with Gasteiger partial charge in [-0.1, -0.05) is 56.7 Å². The fraction of sp³-hybridized carbons (Fsp3) is 0.500. The van der Waals surface area contributed by atoms with Gasteiger partial charge in [0.2, 0.25) is 0 Å². The first-order valence-electron chi connectivity index (χ1n) is 6.72. The minimum absolute atomic E-state index is 0.694. The smallest absolute Gasteiger partial charge is 0.0208 e. The van der Waals surface area contributed by atoms with Crippen LogP contribution >= 0.6 is 0 Å². The molecule has 2 unspecified atom stereocenters. The van der Waals surface area contributed by atoms with Crippen molar-refractivity contribution in [2.24, 2.45) is 5.92 Å². The molecule has 1 aliphatic carbocycles. The van der Waals surface area contributed by atoms with Crippen LogP contribution in [-0.4, -0.2) is 12.6 Å². The summed E-state index contributed by atoms with van der Waals surface area (Å²) in [7, 11) is 0. The summed E-state index contributed by atoms with van der Waals surface area (Å²) in [5.74, 6) is 0.881. The van der Waals surface area contributed by atoms with E-state index in [1.807, 2.05) is 6.07 Å². The third-order valence-electron chi connectivity index (χ3n) is 3.72. The van der Waals surface area contributed by atoms with E-state index in [1.54, 1.807) is 0 Å². The highest BCUT2D eigenvalue weighted by Crippen LogP contribution is 2.23. The van der Waals surface area contributed by atoms with Gasteiger partial charge in [-0.25, -0.2) is 0 Å². The summed E-state index contributed by atoms with van der Waals surface area (Å²) in [6.45, 7) is 7.44. The molecule has 1 aliphatic rings. The molecular weight excluding hydrogens is 206 g/mol. The summed E-state index contributed by atoms with van der Waals surface area (Å²) in [4.78, 5) is 0. The van der Waals surface area contributed by atoms with Crippen molar-refractivity contribution in [3.05, 3.63) is 42.5 Å². The average Bonchev–Trinajstić information content (AvgIpc) is 2.37. The first-order chi connectivity index (χ1) is 8.25. The minimum Gasteiger partial charge on any atom is -0.310 e. The molecule has 0 aliphatic heterocycles. The maximum atomic E-state index is 4.17. The average molecular weight is 229 g/mol. The SMILES string of the molecule is C=C(CNC1CCCC(C)C1)c1ccccc1. The molecule has 0 aromatic heterocycles. The van der Waals surface area contributed by atoms with Crippen LogP contribution in [0.25, 0.3) is 5.57 Å². The molecule has 1 aromatic carbocycles. The van der Waals surface area contributed by atoms with Gasteiger partial charge in [0.25, 0.3) is 0 Å². The summed E-state index contributed by atoms with van der Waals surface area (Å²) in [5.41, 5.74) is 2.45. The minimum atomic E-state index is 0.694. The van der Waals surface area contributed by atoms with Gasteiger partial charge >= 0.3 is 0 Å². The Hall–Kier alpha value is -1.08. The second-order valence-corrected chi connectivity index (χ2v) is 5.32. The Morgan fingerprint density at radius 2 is 2.06 bits per heavy atom. The second kappa shape index (κ2) is 6.02. The molecule has 2 atom stereocenters. The van der Waals surface area contributed by atoms with Gasteiger partial charge in [0.1, 0.15) is 0 Å².